The van der Waals surface area contributed by atoms with Gasteiger partial charge in [0.1, 0.15) is 0 Å². The van der Waals surface area contributed by atoms with Crippen LogP contribution in [0.4, 0.5) is 0 Å². The molecule has 0 atom stereocenters. The van der Waals surface area contributed by atoms with Crippen molar-refractivity contribution >= 4 is 5.97 Å². The van der Waals surface area contributed by atoms with Crippen molar-refractivity contribution in [1.29, 1.82) is 0 Å². The molecule has 0 radical (unpaired) electrons. The summed E-state index contributed by atoms with van der Waals surface area (Å²) in [5, 5.41) is 17.3. The van der Waals surface area contributed by atoms with E-state index in [1.807, 2.05) is 0 Å². The minimum absolute atomic E-state index is 0.0200. The van der Waals surface area contributed by atoms with Gasteiger partial charge in [0, 0.05) is 12.8 Å². The summed E-state index contributed by atoms with van der Waals surface area (Å²) >= 11 is 0. The van der Waals surface area contributed by atoms with Crippen LogP contribution in [-0.4, -0.2) is 27.8 Å². The molecule has 1 rings (SSSR count). The monoisotopic (exact) mass is 167 g/mol. The van der Waals surface area contributed by atoms with Gasteiger partial charge in [0.25, 0.3) is 0 Å². The maximum Gasteiger partial charge on any atom is 0.354 e. The highest BCUT2D eigenvalue weighted by atomic mass is 16.4. The van der Waals surface area contributed by atoms with Crippen molar-refractivity contribution in [1.82, 2.24) is 4.98 Å². The number of hydrogen-bond acceptors (Lipinski definition) is 3. The zero-order chi connectivity index (χ0) is 8.97. The highest BCUT2D eigenvalue weighted by Crippen LogP contribution is 2.05. The van der Waals surface area contributed by atoms with E-state index >= 15 is 0 Å². The summed E-state index contributed by atoms with van der Waals surface area (Å²) in [7, 11) is 0. The molecule has 0 saturated carbocycles. The van der Waals surface area contributed by atoms with E-state index in [1.165, 1.54) is 6.20 Å². The van der Waals surface area contributed by atoms with Gasteiger partial charge in [0.15, 0.2) is 5.69 Å². The Morgan fingerprint density at radius 2 is 2.33 bits per heavy atom. The quantitative estimate of drug-likeness (QED) is 0.679. The van der Waals surface area contributed by atoms with Crippen LogP contribution in [0, 0.1) is 0 Å². The number of aromatic carboxylic acids is 1. The summed E-state index contributed by atoms with van der Waals surface area (Å²) in [4.78, 5) is 14.2. The normalized spacial score (nSPS) is 9.75. The summed E-state index contributed by atoms with van der Waals surface area (Å²) in [6, 6.07) is 3.30. The second kappa shape index (κ2) is 3.82. The lowest BCUT2D eigenvalue weighted by atomic mass is 10.1. The van der Waals surface area contributed by atoms with Gasteiger partial charge in [-0.2, -0.15) is 0 Å². The van der Waals surface area contributed by atoms with Gasteiger partial charge < -0.3 is 10.2 Å². The van der Waals surface area contributed by atoms with E-state index in [9.17, 15) is 4.79 Å². The summed E-state index contributed by atoms with van der Waals surface area (Å²) in [5.41, 5.74) is 0.582. The number of carboxylic acid groups (broad SMARTS) is 1. The predicted molar refractivity (Wildman–Crippen MR) is 42.0 cm³/mol. The average Bonchev–Trinajstić information content (AvgIpc) is 2.05. The van der Waals surface area contributed by atoms with Crippen LogP contribution in [0.1, 0.15) is 16.1 Å². The molecule has 0 aliphatic rings. The summed E-state index contributed by atoms with van der Waals surface area (Å²) in [5.74, 6) is -1.06. The Hall–Kier alpha value is -1.42. The second-order valence-electron chi connectivity index (χ2n) is 2.29. The molecule has 0 unspecified atom stereocenters. The first-order chi connectivity index (χ1) is 5.75. The van der Waals surface area contributed by atoms with Gasteiger partial charge in [0.2, 0.25) is 0 Å². The third-order valence-electron chi connectivity index (χ3n) is 1.47. The van der Waals surface area contributed by atoms with Crippen LogP contribution in [0.25, 0.3) is 0 Å². The molecule has 0 aromatic carbocycles. The molecule has 0 spiro atoms. The summed E-state index contributed by atoms with van der Waals surface area (Å²) in [6.07, 6.45) is 1.75. The lowest BCUT2D eigenvalue weighted by Crippen LogP contribution is -2.06. The smallest absolute Gasteiger partial charge is 0.354 e. The van der Waals surface area contributed by atoms with Crippen LogP contribution < -0.4 is 0 Å². The van der Waals surface area contributed by atoms with E-state index in [0.29, 0.717) is 12.0 Å². The minimum atomic E-state index is -1.06. The van der Waals surface area contributed by atoms with Gasteiger partial charge in [-0.05, 0) is 18.1 Å². The number of pyridine rings is 1. The molecule has 1 heterocycles. The van der Waals surface area contributed by atoms with Crippen LogP contribution in [0.3, 0.4) is 0 Å². The van der Waals surface area contributed by atoms with Gasteiger partial charge in [-0.1, -0.05) is 6.07 Å². The second-order valence-corrected chi connectivity index (χ2v) is 2.29. The van der Waals surface area contributed by atoms with Crippen LogP contribution in [0.5, 0.6) is 0 Å². The molecule has 4 heteroatoms. The molecular formula is C8H9NO3. The lowest BCUT2D eigenvalue weighted by Gasteiger charge is -2.00. The van der Waals surface area contributed by atoms with Crippen LogP contribution in [0.2, 0.25) is 0 Å². The molecule has 4 nitrogen and oxygen atoms in total. The van der Waals surface area contributed by atoms with E-state index < -0.39 is 5.97 Å². The summed E-state index contributed by atoms with van der Waals surface area (Å²) in [6.45, 7) is -0.0635. The third-order valence-corrected chi connectivity index (χ3v) is 1.47. The van der Waals surface area contributed by atoms with E-state index in [0.717, 1.165) is 0 Å². The molecule has 0 aliphatic carbocycles. The first-order valence-corrected chi connectivity index (χ1v) is 3.53. The van der Waals surface area contributed by atoms with Crippen molar-refractivity contribution in [3.8, 4) is 0 Å². The topological polar surface area (TPSA) is 70.4 Å². The molecule has 1 aromatic heterocycles. The number of aliphatic hydroxyl groups is 1. The molecule has 1 aromatic rings. The number of hydrogen-bond donors (Lipinski definition) is 2. The number of rotatable bonds is 3. The maximum atomic E-state index is 10.6. The number of carbonyl (C=O) groups is 1. The summed E-state index contributed by atoms with van der Waals surface area (Å²) < 4.78 is 0. The van der Waals surface area contributed by atoms with E-state index in [-0.39, 0.29) is 12.3 Å². The first-order valence-electron chi connectivity index (χ1n) is 3.53. The molecule has 64 valence electrons. The fourth-order valence-electron chi connectivity index (χ4n) is 0.953. The fraction of sp³-hybridized carbons (Fsp3) is 0.250. The van der Waals surface area contributed by atoms with Gasteiger partial charge in [0.05, 0.1) is 0 Å². The Bertz CT molecular complexity index is 285. The maximum absolute atomic E-state index is 10.6. The minimum Gasteiger partial charge on any atom is -0.477 e. The lowest BCUT2D eigenvalue weighted by molar-refractivity contribution is 0.0689. The Morgan fingerprint density at radius 1 is 1.58 bits per heavy atom. The number of aliphatic hydroxyl groups excluding tert-OH is 1. The van der Waals surface area contributed by atoms with Crippen LogP contribution >= 0.6 is 0 Å². The van der Waals surface area contributed by atoms with Gasteiger partial charge in [-0.15, -0.1) is 0 Å². The molecule has 0 aliphatic heterocycles. The molecule has 12 heavy (non-hydrogen) atoms. The van der Waals surface area contributed by atoms with Crippen molar-refractivity contribution in [2.75, 3.05) is 6.61 Å². The van der Waals surface area contributed by atoms with Crippen molar-refractivity contribution in [3.63, 3.8) is 0 Å². The van der Waals surface area contributed by atoms with E-state index in [2.05, 4.69) is 4.98 Å². The third kappa shape index (κ3) is 1.79. The SMILES string of the molecule is O=C(O)c1ncccc1CCO. The average molecular weight is 167 g/mol. The first kappa shape index (κ1) is 8.67. The standard InChI is InChI=1S/C8H9NO3/c10-5-3-6-2-1-4-9-7(6)8(11)12/h1-2,4,10H,3,5H2,(H,11,12). The number of nitrogens with zero attached hydrogens (tertiary/aromatic N) is 1. The highest BCUT2D eigenvalue weighted by molar-refractivity contribution is 5.86. The van der Waals surface area contributed by atoms with E-state index in [4.69, 9.17) is 10.2 Å². The molecule has 0 bridgehead atoms. The van der Waals surface area contributed by atoms with Crippen LogP contribution in [-0.2, 0) is 6.42 Å². The van der Waals surface area contributed by atoms with Crippen molar-refractivity contribution < 1.29 is 15.0 Å². The Labute approximate surface area is 69.5 Å². The molecule has 2 N–H and O–H groups in total. The highest BCUT2D eigenvalue weighted by Gasteiger charge is 2.09. The molecule has 0 fully saturated rings. The molecule has 0 amide bonds. The van der Waals surface area contributed by atoms with Crippen molar-refractivity contribution in [2.45, 2.75) is 6.42 Å². The molecule has 0 saturated heterocycles. The fourth-order valence-corrected chi connectivity index (χ4v) is 0.953. The zero-order valence-electron chi connectivity index (χ0n) is 6.40. The Morgan fingerprint density at radius 3 is 2.92 bits per heavy atom. The largest absolute Gasteiger partial charge is 0.477 e. The predicted octanol–water partition coefficient (Wildman–Crippen LogP) is 0.315. The number of aromatic nitrogens is 1. The van der Waals surface area contributed by atoms with Gasteiger partial charge in [-0.25, -0.2) is 9.78 Å². The zero-order valence-corrected chi connectivity index (χ0v) is 6.40. The van der Waals surface area contributed by atoms with Crippen LogP contribution in [0.15, 0.2) is 18.3 Å². The van der Waals surface area contributed by atoms with Gasteiger partial charge in [-0.3, -0.25) is 0 Å². The van der Waals surface area contributed by atoms with E-state index in [1.54, 1.807) is 12.1 Å². The van der Waals surface area contributed by atoms with Crippen molar-refractivity contribution in [3.05, 3.63) is 29.6 Å². The van der Waals surface area contributed by atoms with Crippen molar-refractivity contribution in [2.24, 2.45) is 0 Å². The van der Waals surface area contributed by atoms with Gasteiger partial charge >= 0.3 is 5.97 Å². The Balaban J connectivity index is 3.00. The number of carboxylic acids is 1. The Kier molecular flexibility index (Phi) is 2.76. The molecular weight excluding hydrogens is 158 g/mol.